The molecule has 2 aromatic carbocycles. The fraction of sp³-hybridized carbons (Fsp3) is 0.364. The number of carbonyl (C=O) groups excluding carboxylic acids is 1. The van der Waals surface area contributed by atoms with Gasteiger partial charge in [0.05, 0.1) is 16.0 Å². The maximum Gasteiger partial charge on any atom is 0.263 e. The molecule has 0 aliphatic carbocycles. The van der Waals surface area contributed by atoms with Gasteiger partial charge in [-0.1, -0.05) is 30.2 Å². The predicted molar refractivity (Wildman–Crippen MR) is 122 cm³/mol. The van der Waals surface area contributed by atoms with E-state index in [0.717, 1.165) is 12.8 Å². The molecular weight excluding hydrogens is 438 g/mol. The van der Waals surface area contributed by atoms with Crippen molar-refractivity contribution in [2.45, 2.75) is 50.5 Å². The van der Waals surface area contributed by atoms with E-state index in [4.69, 9.17) is 16.3 Å². The van der Waals surface area contributed by atoms with E-state index in [1.54, 1.807) is 42.5 Å². The van der Waals surface area contributed by atoms with E-state index in [1.165, 1.54) is 0 Å². The van der Waals surface area contributed by atoms with Crippen LogP contribution in [0.5, 0.6) is 5.75 Å². The Kier molecular flexibility index (Phi) is 7.56. The fourth-order valence-corrected chi connectivity index (χ4v) is 4.64. The van der Waals surface area contributed by atoms with Gasteiger partial charge < -0.3 is 10.1 Å². The van der Waals surface area contributed by atoms with Crippen molar-refractivity contribution >= 4 is 39.1 Å². The number of ether oxygens (including phenoxy) is 1. The van der Waals surface area contributed by atoms with Gasteiger partial charge in [-0.3, -0.25) is 14.5 Å². The van der Waals surface area contributed by atoms with Crippen LogP contribution in [0.1, 0.15) is 45.1 Å². The largest absolute Gasteiger partial charge is 0.489 e. The highest BCUT2D eigenvalue weighted by atomic mass is 35.5. The molecule has 2 N–H and O–H groups in total. The number of unbranched alkanes of at least 4 members (excludes halogenated alkanes) is 2. The van der Waals surface area contributed by atoms with Gasteiger partial charge in [0.2, 0.25) is 5.91 Å². The third-order valence-electron chi connectivity index (χ3n) is 4.57. The molecule has 0 atom stereocenters. The number of carbonyl (C=O) groups is 1. The highest BCUT2D eigenvalue weighted by Crippen LogP contribution is 2.28. The molecule has 0 radical (unpaired) electrons. The minimum Gasteiger partial charge on any atom is -0.489 e. The molecule has 1 aliphatic heterocycles. The molecule has 2 aromatic rings. The molecule has 7 nitrogen and oxygen atoms in total. The van der Waals surface area contributed by atoms with Gasteiger partial charge in [-0.2, -0.15) is 0 Å². The number of hydrogen-bond donors (Lipinski definition) is 2. The topological polar surface area (TPSA) is 96.9 Å². The monoisotopic (exact) mass is 463 g/mol. The summed E-state index contributed by atoms with van der Waals surface area (Å²) in [4.78, 5) is 16.8. The predicted octanol–water partition coefficient (Wildman–Crippen LogP) is 4.36. The number of halogens is 1. The molecule has 0 fully saturated rings. The van der Waals surface area contributed by atoms with Gasteiger partial charge >= 0.3 is 0 Å². The lowest BCUT2D eigenvalue weighted by atomic mass is 10.1. The van der Waals surface area contributed by atoms with Crippen molar-refractivity contribution in [2.24, 2.45) is 4.99 Å². The first-order chi connectivity index (χ1) is 14.8. The zero-order chi connectivity index (χ0) is 22.4. The molecule has 1 amide bonds. The Balaban J connectivity index is 1.40. The average Bonchev–Trinajstić information content (AvgIpc) is 2.97. The van der Waals surface area contributed by atoms with Crippen LogP contribution in [0.2, 0.25) is 5.02 Å². The Bertz CT molecular complexity index is 1080. The Morgan fingerprint density at radius 2 is 1.94 bits per heavy atom. The second-order valence-electron chi connectivity index (χ2n) is 7.50. The van der Waals surface area contributed by atoms with Crippen molar-refractivity contribution in [3.63, 3.8) is 0 Å². The Labute approximate surface area is 187 Å². The second-order valence-corrected chi connectivity index (χ2v) is 9.56. The number of nitrogens with zero attached hydrogens (tertiary/aromatic N) is 1. The molecule has 0 spiro atoms. The van der Waals surface area contributed by atoms with Crippen molar-refractivity contribution in [3.05, 3.63) is 53.1 Å². The van der Waals surface area contributed by atoms with Crippen molar-refractivity contribution in [2.75, 3.05) is 11.9 Å². The summed E-state index contributed by atoms with van der Waals surface area (Å²) >= 11 is 6.19. The van der Waals surface area contributed by atoms with E-state index >= 15 is 0 Å². The van der Waals surface area contributed by atoms with Gasteiger partial charge in [-0.05, 0) is 57.0 Å². The van der Waals surface area contributed by atoms with Crippen LogP contribution in [0.4, 0.5) is 5.69 Å². The van der Waals surface area contributed by atoms with E-state index in [9.17, 15) is 13.2 Å². The first-order valence-electron chi connectivity index (χ1n) is 10.2. The zero-order valence-electron chi connectivity index (χ0n) is 17.5. The number of sulfonamides is 1. The Hall–Kier alpha value is -2.58. The van der Waals surface area contributed by atoms with E-state index in [0.29, 0.717) is 47.2 Å². The number of rotatable bonds is 9. The highest BCUT2D eigenvalue weighted by Gasteiger charge is 2.29. The minimum atomic E-state index is -3.51. The van der Waals surface area contributed by atoms with E-state index < -0.39 is 10.0 Å². The lowest BCUT2D eigenvalue weighted by Gasteiger charge is -2.12. The van der Waals surface area contributed by atoms with E-state index in [-0.39, 0.29) is 16.9 Å². The maximum absolute atomic E-state index is 12.1. The quantitative estimate of drug-likeness (QED) is 0.540. The normalized spacial score (nSPS) is 15.5. The first kappa shape index (κ1) is 23.1. The summed E-state index contributed by atoms with van der Waals surface area (Å²) in [6.07, 6.45) is 2.68. The lowest BCUT2D eigenvalue weighted by Crippen LogP contribution is -2.22. The Morgan fingerprint density at radius 1 is 1.16 bits per heavy atom. The van der Waals surface area contributed by atoms with Crippen LogP contribution in [-0.2, 0) is 14.8 Å². The summed E-state index contributed by atoms with van der Waals surface area (Å²) in [5.41, 5.74) is 1.23. The Morgan fingerprint density at radius 3 is 2.68 bits per heavy atom. The SMILES string of the molecule is CC(C)Oc1ccc(NC(=O)CCCCCN=C2NS(=O)(=O)c3ccccc32)cc1Cl. The number of anilines is 1. The number of fused-ring (bicyclic) bond motifs is 1. The molecule has 166 valence electrons. The van der Waals surface area contributed by atoms with Crippen molar-refractivity contribution < 1.29 is 17.9 Å². The standard InChI is InChI=1S/C22H26ClN3O4S/c1-15(2)30-19-12-11-16(14-18(19)23)25-21(27)10-4-3-7-13-24-22-17-8-5-6-9-20(17)31(28,29)26-22/h5-6,8-9,11-12,14-15H,3-4,7,10,13H2,1-2H3,(H,24,26)(H,25,27). The van der Waals surface area contributed by atoms with Gasteiger partial charge in [0.15, 0.2) is 0 Å². The minimum absolute atomic E-state index is 0.0201. The van der Waals surface area contributed by atoms with E-state index in [1.807, 2.05) is 13.8 Å². The van der Waals surface area contributed by atoms with E-state index in [2.05, 4.69) is 15.0 Å². The summed E-state index contributed by atoms with van der Waals surface area (Å²) in [7, 11) is -3.51. The second kappa shape index (κ2) is 10.2. The smallest absolute Gasteiger partial charge is 0.263 e. The maximum atomic E-state index is 12.1. The van der Waals surface area contributed by atoms with Crippen LogP contribution in [0.15, 0.2) is 52.4 Å². The third kappa shape index (κ3) is 6.21. The molecule has 0 unspecified atom stereocenters. The number of nitrogens with one attached hydrogen (secondary N) is 2. The van der Waals surface area contributed by atoms with Crippen LogP contribution in [-0.4, -0.2) is 32.8 Å². The zero-order valence-corrected chi connectivity index (χ0v) is 19.1. The first-order valence-corrected chi connectivity index (χ1v) is 12.0. The van der Waals surface area contributed by atoms with Crippen molar-refractivity contribution in [1.29, 1.82) is 0 Å². The molecular formula is C22H26ClN3O4S. The lowest BCUT2D eigenvalue weighted by molar-refractivity contribution is -0.116. The van der Waals surface area contributed by atoms with Crippen molar-refractivity contribution in [1.82, 2.24) is 4.72 Å². The van der Waals surface area contributed by atoms with Gasteiger partial charge in [-0.25, -0.2) is 8.42 Å². The number of amides is 1. The fourth-order valence-electron chi connectivity index (χ4n) is 3.17. The summed E-state index contributed by atoms with van der Waals surface area (Å²) in [5.74, 6) is 0.885. The van der Waals surface area contributed by atoms with Crippen LogP contribution in [0.3, 0.4) is 0 Å². The van der Waals surface area contributed by atoms with Crippen LogP contribution in [0, 0.1) is 0 Å². The molecule has 1 heterocycles. The molecule has 0 bridgehead atoms. The highest BCUT2D eigenvalue weighted by molar-refractivity contribution is 7.90. The molecule has 0 saturated heterocycles. The van der Waals surface area contributed by atoms with Crippen LogP contribution in [0.25, 0.3) is 0 Å². The average molecular weight is 464 g/mol. The number of benzene rings is 2. The molecule has 3 rings (SSSR count). The van der Waals surface area contributed by atoms with Gasteiger partial charge in [0, 0.05) is 24.2 Å². The molecule has 1 aliphatic rings. The van der Waals surface area contributed by atoms with Gasteiger partial charge in [0.1, 0.15) is 11.6 Å². The van der Waals surface area contributed by atoms with Gasteiger partial charge in [0.25, 0.3) is 10.0 Å². The molecule has 0 aromatic heterocycles. The number of amidine groups is 1. The summed E-state index contributed by atoms with van der Waals surface area (Å²) in [6.45, 7) is 4.33. The van der Waals surface area contributed by atoms with Crippen molar-refractivity contribution in [3.8, 4) is 5.75 Å². The van der Waals surface area contributed by atoms with Gasteiger partial charge in [-0.15, -0.1) is 0 Å². The third-order valence-corrected chi connectivity index (χ3v) is 6.27. The number of aliphatic imine (C=N–C) groups is 1. The summed E-state index contributed by atoms with van der Waals surface area (Å²) < 4.78 is 32.2. The van der Waals surface area contributed by atoms with Crippen LogP contribution < -0.4 is 14.8 Å². The summed E-state index contributed by atoms with van der Waals surface area (Å²) in [6, 6.07) is 12.0. The number of hydrogen-bond acceptors (Lipinski definition) is 5. The van der Waals surface area contributed by atoms with Crippen LogP contribution >= 0.6 is 11.6 Å². The molecule has 9 heteroatoms. The molecule has 31 heavy (non-hydrogen) atoms. The summed E-state index contributed by atoms with van der Waals surface area (Å²) in [5, 5.41) is 3.29. The molecule has 0 saturated carbocycles.